The minimum Gasteiger partial charge on any atom is -0.503 e. The summed E-state index contributed by atoms with van der Waals surface area (Å²) in [6, 6.07) is 13.4. The van der Waals surface area contributed by atoms with Gasteiger partial charge in [0, 0.05) is 15.8 Å². The van der Waals surface area contributed by atoms with Gasteiger partial charge in [-0.05, 0) is 37.1 Å². The molecular formula is C25H18Cl2N4O3S3. The van der Waals surface area contributed by atoms with Crippen LogP contribution in [0.1, 0.15) is 37.5 Å². The number of hydrogen-bond donors (Lipinski definition) is 1. The predicted molar refractivity (Wildman–Crippen MR) is 148 cm³/mol. The molecule has 0 saturated carbocycles. The van der Waals surface area contributed by atoms with Crippen molar-refractivity contribution in [3.8, 4) is 0 Å². The van der Waals surface area contributed by atoms with Gasteiger partial charge in [0.15, 0.2) is 10.1 Å². The number of aryl methyl sites for hydroxylation is 2. The van der Waals surface area contributed by atoms with Gasteiger partial charge in [-0.3, -0.25) is 14.5 Å². The molecule has 0 saturated heterocycles. The zero-order chi connectivity index (χ0) is 26.3. The van der Waals surface area contributed by atoms with Crippen molar-refractivity contribution in [1.29, 1.82) is 0 Å². The number of halogens is 2. The van der Waals surface area contributed by atoms with Crippen LogP contribution < -0.4 is 4.90 Å². The van der Waals surface area contributed by atoms with Gasteiger partial charge in [0.2, 0.25) is 10.9 Å². The molecule has 1 unspecified atom stereocenters. The van der Waals surface area contributed by atoms with Crippen LogP contribution in [-0.2, 0) is 10.5 Å². The minimum absolute atomic E-state index is 0.0645. The smallest absolute Gasteiger partial charge is 0.296 e. The number of rotatable bonds is 7. The largest absolute Gasteiger partial charge is 0.503 e. The monoisotopic (exact) mass is 588 g/mol. The van der Waals surface area contributed by atoms with E-state index in [4.69, 9.17) is 23.2 Å². The van der Waals surface area contributed by atoms with Crippen LogP contribution in [0.25, 0.3) is 0 Å². The molecule has 0 bridgehead atoms. The molecule has 1 aliphatic rings. The van der Waals surface area contributed by atoms with Crippen LogP contribution in [0.3, 0.4) is 0 Å². The van der Waals surface area contributed by atoms with Crippen LogP contribution in [0, 0.1) is 13.8 Å². The van der Waals surface area contributed by atoms with Crippen LogP contribution in [-0.4, -0.2) is 32.0 Å². The number of hydrogen-bond acceptors (Lipinski definition) is 9. The van der Waals surface area contributed by atoms with Crippen molar-refractivity contribution < 1.29 is 14.7 Å². The normalized spacial score (nSPS) is 15.6. The summed E-state index contributed by atoms with van der Waals surface area (Å²) in [6.07, 6.45) is 0. The fourth-order valence-corrected chi connectivity index (χ4v) is 7.27. The summed E-state index contributed by atoms with van der Waals surface area (Å²) in [5, 5.41) is 21.4. The summed E-state index contributed by atoms with van der Waals surface area (Å²) in [7, 11) is 0. The predicted octanol–water partition coefficient (Wildman–Crippen LogP) is 6.99. The number of carbonyl (C=O) groups is 2. The molecule has 5 rings (SSSR count). The molecule has 2 aromatic heterocycles. The molecule has 12 heteroatoms. The molecule has 1 aliphatic heterocycles. The van der Waals surface area contributed by atoms with Crippen LogP contribution in [0.5, 0.6) is 0 Å². The number of aliphatic hydroxyl groups is 1. The summed E-state index contributed by atoms with van der Waals surface area (Å²) in [6.45, 7) is 3.52. The first kappa shape index (κ1) is 25.9. The molecule has 0 spiro atoms. The second-order valence-electron chi connectivity index (χ2n) is 8.07. The summed E-state index contributed by atoms with van der Waals surface area (Å²) in [5.74, 6) is -1.29. The van der Waals surface area contributed by atoms with Gasteiger partial charge in [-0.25, -0.2) is 4.98 Å². The van der Waals surface area contributed by atoms with Gasteiger partial charge in [-0.1, -0.05) is 82.7 Å². The zero-order valence-electron chi connectivity index (χ0n) is 19.4. The second kappa shape index (κ2) is 10.5. The number of anilines is 1. The van der Waals surface area contributed by atoms with E-state index in [9.17, 15) is 14.7 Å². The van der Waals surface area contributed by atoms with Gasteiger partial charge in [-0.2, -0.15) is 0 Å². The number of amides is 1. The molecule has 1 atom stereocenters. The summed E-state index contributed by atoms with van der Waals surface area (Å²) >= 11 is 16.6. The standard InChI is InChI=1S/C25H18Cl2N4O3S3/c1-12-22(36-13(2)28-12)20(32)18-19(15-8-4-6-10-17(15)27)31(23(34)21(18)33)24-29-30-25(37-24)35-11-14-7-3-5-9-16(14)26/h3-10,19,33H,11H2,1-2H3. The van der Waals surface area contributed by atoms with E-state index in [1.165, 1.54) is 39.3 Å². The van der Waals surface area contributed by atoms with Crippen molar-refractivity contribution >= 4 is 74.5 Å². The van der Waals surface area contributed by atoms with Crippen molar-refractivity contribution in [2.45, 2.75) is 30.0 Å². The van der Waals surface area contributed by atoms with Crippen molar-refractivity contribution in [1.82, 2.24) is 15.2 Å². The lowest BCUT2D eigenvalue weighted by Gasteiger charge is -2.24. The third-order valence-corrected chi connectivity index (χ3v) is 9.56. The summed E-state index contributed by atoms with van der Waals surface area (Å²) in [5.41, 5.74) is 1.90. The quantitative estimate of drug-likeness (QED) is 0.141. The SMILES string of the molecule is Cc1nc(C)c(C(=O)C2=C(O)C(=O)N(c3nnc(SCc4ccccc4Cl)s3)C2c2ccccc2Cl)s1. The Morgan fingerprint density at radius 2 is 1.76 bits per heavy atom. The van der Waals surface area contributed by atoms with Crippen LogP contribution in [0.2, 0.25) is 10.0 Å². The first-order valence-electron chi connectivity index (χ1n) is 11.0. The highest BCUT2D eigenvalue weighted by molar-refractivity contribution is 8.00. The third kappa shape index (κ3) is 4.92. The average molecular weight is 590 g/mol. The number of Topliss-reactive ketones (excluding diaryl/α,β-unsaturated/α-hetero) is 1. The van der Waals surface area contributed by atoms with E-state index in [-0.39, 0.29) is 10.7 Å². The molecule has 0 radical (unpaired) electrons. The number of thioether (sulfide) groups is 1. The lowest BCUT2D eigenvalue weighted by atomic mass is 9.95. The van der Waals surface area contributed by atoms with E-state index in [1.54, 1.807) is 38.1 Å². The Balaban J connectivity index is 1.53. The second-order valence-corrected chi connectivity index (χ2v) is 12.3. The molecule has 0 aliphatic carbocycles. The number of aliphatic hydroxyl groups excluding tert-OH is 1. The van der Waals surface area contributed by atoms with Gasteiger partial charge in [-0.15, -0.1) is 21.5 Å². The van der Waals surface area contributed by atoms with Gasteiger partial charge in [0.1, 0.15) is 0 Å². The number of nitrogens with zero attached hydrogens (tertiary/aromatic N) is 4. The molecule has 1 amide bonds. The van der Waals surface area contributed by atoms with E-state index in [0.29, 0.717) is 41.3 Å². The fourth-order valence-electron chi connectivity index (χ4n) is 4.00. The third-order valence-electron chi connectivity index (χ3n) is 5.67. The Kier molecular flexibility index (Phi) is 7.37. The maximum Gasteiger partial charge on any atom is 0.296 e. The Bertz CT molecular complexity index is 1570. The lowest BCUT2D eigenvalue weighted by molar-refractivity contribution is -0.117. The molecule has 4 aromatic rings. The number of thiazole rings is 1. The Morgan fingerprint density at radius 3 is 2.43 bits per heavy atom. The van der Waals surface area contributed by atoms with Crippen LogP contribution in [0.15, 0.2) is 64.2 Å². The Hall–Kier alpha value is -2.76. The lowest BCUT2D eigenvalue weighted by Crippen LogP contribution is -2.31. The fraction of sp³-hybridized carbons (Fsp3) is 0.160. The maximum absolute atomic E-state index is 13.7. The first-order valence-corrected chi connectivity index (χ1v) is 14.3. The van der Waals surface area contributed by atoms with E-state index in [2.05, 4.69) is 15.2 Å². The van der Waals surface area contributed by atoms with Gasteiger partial charge < -0.3 is 5.11 Å². The van der Waals surface area contributed by atoms with E-state index in [0.717, 1.165) is 5.56 Å². The molecule has 1 N–H and O–H groups in total. The maximum atomic E-state index is 13.7. The van der Waals surface area contributed by atoms with Crippen molar-refractivity contribution in [2.75, 3.05) is 4.90 Å². The van der Waals surface area contributed by atoms with Crippen LogP contribution in [0.4, 0.5) is 5.13 Å². The highest BCUT2D eigenvalue weighted by atomic mass is 35.5. The first-order chi connectivity index (χ1) is 17.8. The Morgan fingerprint density at radius 1 is 1.05 bits per heavy atom. The van der Waals surface area contributed by atoms with E-state index >= 15 is 0 Å². The van der Waals surface area contributed by atoms with Gasteiger partial charge in [0.05, 0.1) is 27.2 Å². The van der Waals surface area contributed by atoms with E-state index < -0.39 is 23.5 Å². The number of carbonyl (C=O) groups excluding carboxylic acids is 2. The summed E-state index contributed by atoms with van der Waals surface area (Å²) < 4.78 is 0.605. The van der Waals surface area contributed by atoms with Gasteiger partial charge >= 0.3 is 0 Å². The van der Waals surface area contributed by atoms with E-state index in [1.807, 2.05) is 24.3 Å². The average Bonchev–Trinajstić information content (AvgIpc) is 3.54. The number of aromatic nitrogens is 3. The minimum atomic E-state index is -0.982. The highest BCUT2D eigenvalue weighted by Crippen LogP contribution is 2.46. The highest BCUT2D eigenvalue weighted by Gasteiger charge is 2.47. The molecule has 37 heavy (non-hydrogen) atoms. The molecule has 3 heterocycles. The Labute approximate surface area is 234 Å². The zero-order valence-corrected chi connectivity index (χ0v) is 23.4. The molecule has 0 fully saturated rings. The van der Waals surface area contributed by atoms with Crippen LogP contribution >= 0.6 is 57.6 Å². The molecule has 7 nitrogen and oxygen atoms in total. The molecule has 188 valence electrons. The molecular weight excluding hydrogens is 571 g/mol. The topological polar surface area (TPSA) is 96.3 Å². The number of ketones is 1. The summed E-state index contributed by atoms with van der Waals surface area (Å²) in [4.78, 5) is 33.1. The van der Waals surface area contributed by atoms with Crippen molar-refractivity contribution in [3.63, 3.8) is 0 Å². The molecule has 2 aromatic carbocycles. The van der Waals surface area contributed by atoms with Crippen molar-refractivity contribution in [3.05, 3.63) is 96.6 Å². The number of benzene rings is 2. The van der Waals surface area contributed by atoms with Gasteiger partial charge in [0.25, 0.3) is 5.91 Å². The van der Waals surface area contributed by atoms with Crippen molar-refractivity contribution in [2.24, 2.45) is 0 Å².